The molecule has 2 atom stereocenters. The lowest BCUT2D eigenvalue weighted by atomic mass is 9.94. The van der Waals surface area contributed by atoms with Crippen molar-refractivity contribution in [3.63, 3.8) is 0 Å². The summed E-state index contributed by atoms with van der Waals surface area (Å²) in [5, 5.41) is 6.44. The van der Waals surface area contributed by atoms with Crippen LogP contribution in [-0.2, 0) is 4.79 Å². The summed E-state index contributed by atoms with van der Waals surface area (Å²) in [4.78, 5) is 31.9. The van der Waals surface area contributed by atoms with Crippen LogP contribution in [0.1, 0.15) is 41.2 Å². The molecule has 3 N–H and O–H groups in total. The molecule has 0 unspecified atom stereocenters. The zero-order valence-corrected chi connectivity index (χ0v) is 21.8. The SMILES string of the molecule is COc1ccc(-c2cccc3c2C(=Cc2[nH]c(C)cc2C(=O)N2C[C@@H](C)N[C@@H](C)C2)C(=O)N3)cc1OC. The number of amides is 2. The summed E-state index contributed by atoms with van der Waals surface area (Å²) >= 11 is 0. The van der Waals surface area contributed by atoms with Gasteiger partial charge in [-0.2, -0.15) is 0 Å². The van der Waals surface area contributed by atoms with Crippen LogP contribution < -0.4 is 20.1 Å². The van der Waals surface area contributed by atoms with Crippen LogP contribution in [0, 0.1) is 6.92 Å². The Bertz CT molecular complexity index is 1400. The van der Waals surface area contributed by atoms with Gasteiger partial charge < -0.3 is 30.0 Å². The molecule has 5 rings (SSSR count). The number of anilines is 1. The van der Waals surface area contributed by atoms with E-state index in [2.05, 4.69) is 29.5 Å². The van der Waals surface area contributed by atoms with Gasteiger partial charge in [-0.25, -0.2) is 0 Å². The summed E-state index contributed by atoms with van der Waals surface area (Å²) in [7, 11) is 3.19. The number of carbonyl (C=O) groups excluding carboxylic acids is 2. The van der Waals surface area contributed by atoms with Gasteiger partial charge in [-0.1, -0.05) is 18.2 Å². The molecule has 1 aromatic heterocycles. The molecule has 0 spiro atoms. The first kappa shape index (κ1) is 24.6. The summed E-state index contributed by atoms with van der Waals surface area (Å²) < 4.78 is 10.9. The number of rotatable bonds is 5. The van der Waals surface area contributed by atoms with Gasteiger partial charge in [-0.3, -0.25) is 9.59 Å². The number of H-pyrrole nitrogens is 1. The van der Waals surface area contributed by atoms with Gasteiger partial charge in [0.2, 0.25) is 0 Å². The molecule has 3 aromatic rings. The van der Waals surface area contributed by atoms with Gasteiger partial charge in [0, 0.05) is 42.1 Å². The predicted octanol–water partition coefficient (Wildman–Crippen LogP) is 4.32. The van der Waals surface area contributed by atoms with Gasteiger partial charge in [-0.15, -0.1) is 0 Å². The third-order valence-corrected chi connectivity index (χ3v) is 6.87. The van der Waals surface area contributed by atoms with Crippen molar-refractivity contribution in [2.45, 2.75) is 32.9 Å². The fraction of sp³-hybridized carbons (Fsp3) is 0.310. The number of methoxy groups -OCH3 is 2. The second-order valence-electron chi connectivity index (χ2n) is 9.77. The number of hydrogen-bond acceptors (Lipinski definition) is 5. The van der Waals surface area contributed by atoms with E-state index < -0.39 is 0 Å². The fourth-order valence-electron chi connectivity index (χ4n) is 5.34. The minimum atomic E-state index is -0.210. The Morgan fingerprint density at radius 2 is 1.76 bits per heavy atom. The molecule has 0 aliphatic carbocycles. The molecule has 37 heavy (non-hydrogen) atoms. The van der Waals surface area contributed by atoms with Gasteiger partial charge in [-0.05, 0) is 62.2 Å². The number of hydrogen-bond donors (Lipinski definition) is 3. The van der Waals surface area contributed by atoms with Gasteiger partial charge in [0.15, 0.2) is 11.5 Å². The van der Waals surface area contributed by atoms with Gasteiger partial charge in [0.1, 0.15) is 0 Å². The normalized spacial score (nSPS) is 20.1. The van der Waals surface area contributed by atoms with Crippen molar-refractivity contribution in [2.24, 2.45) is 0 Å². The summed E-state index contributed by atoms with van der Waals surface area (Å²) in [5.41, 5.74) is 5.83. The van der Waals surface area contributed by atoms with Crippen molar-refractivity contribution in [1.29, 1.82) is 0 Å². The largest absolute Gasteiger partial charge is 0.493 e. The molecule has 8 heteroatoms. The van der Waals surface area contributed by atoms with Crippen LogP contribution in [0.3, 0.4) is 0 Å². The molecule has 3 heterocycles. The number of carbonyl (C=O) groups is 2. The van der Waals surface area contributed by atoms with Crippen LogP contribution in [0.15, 0.2) is 42.5 Å². The van der Waals surface area contributed by atoms with E-state index in [4.69, 9.17) is 9.47 Å². The highest BCUT2D eigenvalue weighted by atomic mass is 16.5. The average Bonchev–Trinajstić information content (AvgIpc) is 3.41. The number of ether oxygens (including phenoxy) is 2. The quantitative estimate of drug-likeness (QED) is 0.454. The number of aromatic amines is 1. The molecule has 1 fully saturated rings. The summed E-state index contributed by atoms with van der Waals surface area (Å²) in [6.45, 7) is 7.35. The van der Waals surface area contributed by atoms with Crippen molar-refractivity contribution in [1.82, 2.24) is 15.2 Å². The molecule has 2 aromatic carbocycles. The van der Waals surface area contributed by atoms with Crippen LogP contribution in [0.25, 0.3) is 22.8 Å². The molecule has 2 amide bonds. The lowest BCUT2D eigenvalue weighted by Crippen LogP contribution is -2.55. The topological polar surface area (TPSA) is 95.7 Å². The van der Waals surface area contributed by atoms with Crippen LogP contribution in [0.2, 0.25) is 0 Å². The zero-order chi connectivity index (χ0) is 26.3. The first-order chi connectivity index (χ1) is 17.8. The van der Waals surface area contributed by atoms with Gasteiger partial charge in [0.05, 0.1) is 31.1 Å². The maximum absolute atomic E-state index is 13.6. The van der Waals surface area contributed by atoms with Crippen molar-refractivity contribution >= 4 is 29.2 Å². The minimum absolute atomic E-state index is 0.0387. The first-order valence-electron chi connectivity index (χ1n) is 12.4. The summed E-state index contributed by atoms with van der Waals surface area (Å²) in [6.07, 6.45) is 1.79. The molecule has 192 valence electrons. The predicted molar refractivity (Wildman–Crippen MR) is 145 cm³/mol. The van der Waals surface area contributed by atoms with Crippen LogP contribution in [-0.4, -0.2) is 61.1 Å². The summed E-state index contributed by atoms with van der Waals surface area (Å²) in [6, 6.07) is 13.7. The molecular weight excluding hydrogens is 468 g/mol. The standard InChI is InChI=1S/C29H32N4O4/c1-16-11-21(29(35)33-14-17(2)30-18(3)15-33)24(31-16)13-22-27-20(7-6-8-23(27)32-28(22)34)19-9-10-25(36-4)26(12-19)37-5/h6-13,17-18,30-31H,14-15H2,1-5H3,(H,32,34)/t17-,18+. The summed E-state index contributed by atoms with van der Waals surface area (Å²) in [5.74, 6) is 0.985. The van der Waals surface area contributed by atoms with E-state index >= 15 is 0 Å². The second-order valence-corrected chi connectivity index (χ2v) is 9.77. The third-order valence-electron chi connectivity index (χ3n) is 6.87. The van der Waals surface area contributed by atoms with Crippen molar-refractivity contribution in [3.8, 4) is 22.6 Å². The molecule has 0 saturated carbocycles. The highest BCUT2D eigenvalue weighted by molar-refractivity contribution is 6.36. The number of fused-ring (bicyclic) bond motifs is 1. The highest BCUT2D eigenvalue weighted by Crippen LogP contribution is 2.42. The molecule has 0 radical (unpaired) electrons. The lowest BCUT2D eigenvalue weighted by molar-refractivity contribution is -0.110. The van der Waals surface area contributed by atoms with E-state index in [0.29, 0.717) is 41.4 Å². The Morgan fingerprint density at radius 1 is 1.03 bits per heavy atom. The molecule has 1 saturated heterocycles. The van der Waals surface area contributed by atoms with Crippen LogP contribution >= 0.6 is 0 Å². The Balaban J connectivity index is 1.58. The van der Waals surface area contributed by atoms with E-state index in [1.54, 1.807) is 20.3 Å². The number of piperazine rings is 1. The molecule has 2 aliphatic rings. The zero-order valence-electron chi connectivity index (χ0n) is 21.8. The number of benzene rings is 2. The van der Waals surface area contributed by atoms with Crippen molar-refractivity contribution in [3.05, 3.63) is 65.0 Å². The third kappa shape index (κ3) is 4.60. The van der Waals surface area contributed by atoms with Crippen molar-refractivity contribution in [2.75, 3.05) is 32.6 Å². The Kier molecular flexibility index (Phi) is 6.52. The Hall–Kier alpha value is -4.04. The number of aromatic nitrogens is 1. The maximum atomic E-state index is 13.6. The first-order valence-corrected chi connectivity index (χ1v) is 12.4. The van der Waals surface area contributed by atoms with E-state index in [1.165, 1.54) is 0 Å². The van der Waals surface area contributed by atoms with E-state index in [0.717, 1.165) is 28.1 Å². The Labute approximate surface area is 216 Å². The lowest BCUT2D eigenvalue weighted by Gasteiger charge is -2.36. The average molecular weight is 501 g/mol. The Morgan fingerprint density at radius 3 is 2.46 bits per heavy atom. The van der Waals surface area contributed by atoms with E-state index in [1.807, 2.05) is 54.3 Å². The molecular formula is C29H32N4O4. The van der Waals surface area contributed by atoms with Crippen molar-refractivity contribution < 1.29 is 19.1 Å². The maximum Gasteiger partial charge on any atom is 0.256 e. The molecule has 0 bridgehead atoms. The minimum Gasteiger partial charge on any atom is -0.493 e. The molecule has 2 aliphatic heterocycles. The van der Waals surface area contributed by atoms with E-state index in [9.17, 15) is 9.59 Å². The second kappa shape index (κ2) is 9.78. The van der Waals surface area contributed by atoms with Gasteiger partial charge in [0.25, 0.3) is 11.8 Å². The van der Waals surface area contributed by atoms with Gasteiger partial charge >= 0.3 is 0 Å². The number of aryl methyl sites for hydroxylation is 1. The molecule has 8 nitrogen and oxygen atoms in total. The smallest absolute Gasteiger partial charge is 0.256 e. The number of nitrogens with zero attached hydrogens (tertiary/aromatic N) is 1. The number of nitrogens with one attached hydrogen (secondary N) is 3. The van der Waals surface area contributed by atoms with Crippen LogP contribution in [0.5, 0.6) is 11.5 Å². The monoisotopic (exact) mass is 500 g/mol. The fourth-order valence-corrected chi connectivity index (χ4v) is 5.34. The highest BCUT2D eigenvalue weighted by Gasteiger charge is 2.30. The van der Waals surface area contributed by atoms with Crippen LogP contribution in [0.4, 0.5) is 5.69 Å². The van der Waals surface area contributed by atoms with E-state index in [-0.39, 0.29) is 23.9 Å².